The van der Waals surface area contributed by atoms with Gasteiger partial charge >= 0.3 is 11.8 Å². The number of carbonyl (C=O) groups is 1. The van der Waals surface area contributed by atoms with Crippen molar-refractivity contribution >= 4 is 32.5 Å². The summed E-state index contributed by atoms with van der Waals surface area (Å²) in [4.78, 5) is 10.2. The number of halogens is 3. The Kier molecular flexibility index (Phi) is 9.60. The van der Waals surface area contributed by atoms with Gasteiger partial charge in [-0.3, -0.25) is 5.41 Å². The number of alkyl halides is 2. The molecule has 0 amide bonds. The molecule has 9 heteroatoms. The first-order valence-corrected chi connectivity index (χ1v) is 13.9. The van der Waals surface area contributed by atoms with Crippen LogP contribution in [-0.4, -0.2) is 29.2 Å². The zero-order chi connectivity index (χ0) is 28.9. The van der Waals surface area contributed by atoms with E-state index in [0.29, 0.717) is 39.3 Å². The Morgan fingerprint density at radius 3 is 2.25 bits per heavy atom. The molecule has 3 aromatic carbocycles. The van der Waals surface area contributed by atoms with Crippen molar-refractivity contribution in [1.29, 1.82) is 5.41 Å². The molecular weight excluding hydrogens is 555 g/mol. The third-order valence-corrected chi connectivity index (χ3v) is 7.21. The van der Waals surface area contributed by atoms with E-state index in [-0.39, 0.29) is 18.1 Å². The molecule has 2 aliphatic carbocycles. The molecule has 0 saturated heterocycles. The summed E-state index contributed by atoms with van der Waals surface area (Å²) in [7, 11) is 1.37. The van der Waals surface area contributed by atoms with Crippen LogP contribution in [0.15, 0.2) is 83.9 Å². The van der Waals surface area contributed by atoms with Gasteiger partial charge in [0.2, 0.25) is 0 Å². The van der Waals surface area contributed by atoms with E-state index >= 15 is 0 Å². The predicted octanol–water partition coefficient (Wildman–Crippen LogP) is 8.58. The van der Waals surface area contributed by atoms with Crippen LogP contribution in [0, 0.1) is 11.3 Å². The van der Waals surface area contributed by atoms with E-state index in [9.17, 15) is 13.6 Å². The second kappa shape index (κ2) is 12.9. The fourth-order valence-corrected chi connectivity index (χ4v) is 4.73. The van der Waals surface area contributed by atoms with Gasteiger partial charge in [0.05, 0.1) is 11.3 Å². The van der Waals surface area contributed by atoms with Crippen LogP contribution in [0.1, 0.15) is 60.0 Å². The number of hydrogen-bond donors (Lipinski definition) is 2. The first kappa shape index (κ1) is 29.7. The minimum atomic E-state index is -3.41. The molecule has 0 radical (unpaired) electrons. The van der Waals surface area contributed by atoms with Crippen LogP contribution >= 0.6 is 20.8 Å². The zero-order valence-electron chi connectivity index (χ0n) is 22.0. The van der Waals surface area contributed by atoms with E-state index in [2.05, 4.69) is 0 Å². The molecule has 0 aliphatic heterocycles. The quantitative estimate of drug-likeness (QED) is 0.184. The summed E-state index contributed by atoms with van der Waals surface area (Å²) in [5.74, 6) is -2.75. The zero-order valence-corrected chi connectivity index (χ0v) is 23.9. The molecular formula is C31H31ClF2NO4P. The molecule has 1 atom stereocenters. The number of hydrogen-bond acceptors (Lipinski definition) is 4. The summed E-state index contributed by atoms with van der Waals surface area (Å²) in [5.41, 5.74) is 3.67. The predicted molar refractivity (Wildman–Crippen MR) is 156 cm³/mol. The molecule has 0 bridgehead atoms. The second-order valence-corrected chi connectivity index (χ2v) is 11.0. The average Bonchev–Trinajstić information content (AvgIpc) is 3.82. The summed E-state index contributed by atoms with van der Waals surface area (Å²) >= 11 is 6.42. The Bertz CT molecular complexity index is 1400. The van der Waals surface area contributed by atoms with Crippen molar-refractivity contribution in [2.24, 2.45) is 5.92 Å². The number of rotatable bonds is 10. The highest BCUT2D eigenvalue weighted by Gasteiger charge is 2.30. The Morgan fingerprint density at radius 1 is 1.05 bits per heavy atom. The molecule has 40 heavy (non-hydrogen) atoms. The highest BCUT2D eigenvalue weighted by atomic mass is 35.5. The van der Waals surface area contributed by atoms with E-state index in [0.717, 1.165) is 24.0 Å². The van der Waals surface area contributed by atoms with E-state index in [1.54, 1.807) is 48.5 Å². The fourth-order valence-electron chi connectivity index (χ4n) is 4.28. The molecule has 5 rings (SSSR count). The third-order valence-electron chi connectivity index (χ3n) is 6.76. The standard InChI is InChI=1S/C24H25ClF2NO2P.C7H6O2/c1-14(15-6-7-15)20(13-29-17-10-11-18(16-8-9-16)21(25)12-17)23(28)19-4-2-3-5-22(19)30-24(26,27)31;8-7(9)6-4-2-1-3-5-6/h2-5,10-12,15-16,28H,6-9,13,31H2,1H3;1-5H,(H,8,9)/b20-14+,28-23?;. The summed E-state index contributed by atoms with van der Waals surface area (Å²) in [5, 5.41) is 17.9. The van der Waals surface area contributed by atoms with Gasteiger partial charge in [-0.05, 0) is 95.6 Å². The van der Waals surface area contributed by atoms with Crippen molar-refractivity contribution < 1.29 is 28.2 Å². The maximum atomic E-state index is 13.5. The Hall–Kier alpha value is -3.28. The van der Waals surface area contributed by atoms with Crippen LogP contribution in [0.25, 0.3) is 0 Å². The molecule has 1 unspecified atom stereocenters. The van der Waals surface area contributed by atoms with Crippen molar-refractivity contribution in [3.8, 4) is 11.5 Å². The highest BCUT2D eigenvalue weighted by Crippen LogP contribution is 2.44. The van der Waals surface area contributed by atoms with Crippen LogP contribution in [0.3, 0.4) is 0 Å². The molecule has 0 spiro atoms. The second-order valence-electron chi connectivity index (χ2n) is 9.89. The van der Waals surface area contributed by atoms with Gasteiger partial charge in [0, 0.05) is 16.2 Å². The van der Waals surface area contributed by atoms with Gasteiger partial charge in [0.1, 0.15) is 18.1 Å². The van der Waals surface area contributed by atoms with Gasteiger partial charge in [0.25, 0.3) is 0 Å². The van der Waals surface area contributed by atoms with E-state index < -0.39 is 11.8 Å². The lowest BCUT2D eigenvalue weighted by Gasteiger charge is -2.19. The van der Waals surface area contributed by atoms with Crippen molar-refractivity contribution in [1.82, 2.24) is 0 Å². The maximum absolute atomic E-state index is 13.5. The molecule has 210 valence electrons. The largest absolute Gasteiger partial charge is 0.489 e. The number of benzene rings is 3. The number of para-hydroxylation sites is 1. The number of nitrogens with one attached hydrogen (secondary N) is 1. The minimum absolute atomic E-state index is 0.0366. The molecule has 0 aromatic heterocycles. The van der Waals surface area contributed by atoms with Crippen LogP contribution < -0.4 is 9.47 Å². The van der Waals surface area contributed by atoms with Crippen molar-refractivity contribution in [3.05, 3.63) is 106 Å². The Morgan fingerprint density at radius 2 is 1.70 bits per heavy atom. The van der Waals surface area contributed by atoms with Crippen LogP contribution in [0.4, 0.5) is 8.78 Å². The molecule has 2 aliphatic rings. The number of ether oxygens (including phenoxy) is 2. The Balaban J connectivity index is 0.000000350. The molecule has 2 saturated carbocycles. The smallest absolute Gasteiger partial charge is 0.408 e. The Labute approximate surface area is 239 Å². The summed E-state index contributed by atoms with van der Waals surface area (Å²) in [6.45, 7) is 2.15. The molecule has 3 aromatic rings. The first-order chi connectivity index (χ1) is 19.0. The van der Waals surface area contributed by atoms with E-state index in [1.165, 1.54) is 28.1 Å². The summed E-state index contributed by atoms with van der Waals surface area (Å²) in [6.07, 6.45) is 4.46. The highest BCUT2D eigenvalue weighted by molar-refractivity contribution is 7.17. The maximum Gasteiger partial charge on any atom is 0.408 e. The lowest BCUT2D eigenvalue weighted by Crippen LogP contribution is -2.19. The van der Waals surface area contributed by atoms with Crippen molar-refractivity contribution in [2.75, 3.05) is 6.61 Å². The summed E-state index contributed by atoms with van der Waals surface area (Å²) < 4.78 is 37.7. The number of carboxylic acids is 1. The van der Waals surface area contributed by atoms with Gasteiger partial charge < -0.3 is 14.6 Å². The molecule has 5 nitrogen and oxygen atoms in total. The lowest BCUT2D eigenvalue weighted by molar-refractivity contribution is -0.0893. The van der Waals surface area contributed by atoms with Crippen molar-refractivity contribution in [2.45, 2.75) is 44.4 Å². The topological polar surface area (TPSA) is 79.6 Å². The van der Waals surface area contributed by atoms with Gasteiger partial charge in [0.15, 0.2) is 0 Å². The normalized spacial score (nSPS) is 15.3. The van der Waals surface area contributed by atoms with Crippen LogP contribution in [-0.2, 0) is 0 Å². The number of aromatic carboxylic acids is 1. The van der Waals surface area contributed by atoms with Gasteiger partial charge in [-0.2, -0.15) is 8.78 Å². The molecule has 2 fully saturated rings. The molecule has 2 N–H and O–H groups in total. The first-order valence-electron chi connectivity index (χ1n) is 13.0. The van der Waals surface area contributed by atoms with Gasteiger partial charge in [-0.1, -0.05) is 53.6 Å². The number of carboxylic acid groups (broad SMARTS) is 1. The van der Waals surface area contributed by atoms with Crippen LogP contribution in [0.5, 0.6) is 11.5 Å². The lowest BCUT2D eigenvalue weighted by atomic mass is 9.96. The van der Waals surface area contributed by atoms with Crippen LogP contribution in [0.2, 0.25) is 5.02 Å². The summed E-state index contributed by atoms with van der Waals surface area (Å²) in [6, 6.07) is 20.4. The average molecular weight is 586 g/mol. The monoisotopic (exact) mass is 585 g/mol. The molecule has 0 heterocycles. The van der Waals surface area contributed by atoms with E-state index in [4.69, 9.17) is 31.6 Å². The van der Waals surface area contributed by atoms with E-state index in [1.807, 2.05) is 25.1 Å². The van der Waals surface area contributed by atoms with Crippen molar-refractivity contribution in [3.63, 3.8) is 0 Å². The van der Waals surface area contributed by atoms with Gasteiger partial charge in [-0.25, -0.2) is 4.79 Å². The number of allylic oxidation sites excluding steroid dienone is 1. The third kappa shape index (κ3) is 8.36. The SMILES string of the molecule is C/C(=C(/COc1ccc(C2CC2)c(Cl)c1)C(=N)c1ccccc1OC(F)(F)P)C1CC1.O=C(O)c1ccccc1. The minimum Gasteiger partial charge on any atom is -0.489 e. The van der Waals surface area contributed by atoms with Gasteiger partial charge in [-0.15, -0.1) is 0 Å². The fraction of sp³-hybridized carbons (Fsp3) is 0.290.